The molecule has 0 spiro atoms. The van der Waals surface area contributed by atoms with Gasteiger partial charge in [0, 0.05) is 18.2 Å². The highest BCUT2D eigenvalue weighted by molar-refractivity contribution is 6.04. The highest BCUT2D eigenvalue weighted by atomic mass is 16.5. The number of ether oxygens (including phenoxy) is 2. The van der Waals surface area contributed by atoms with Crippen molar-refractivity contribution in [3.8, 4) is 11.5 Å². The molecule has 2 aromatic carbocycles. The number of aliphatic carboxylic acids is 1. The maximum Gasteiger partial charge on any atom is 0.305 e. The minimum Gasteiger partial charge on any atom is -0.481 e. The van der Waals surface area contributed by atoms with Gasteiger partial charge in [0.2, 0.25) is 17.7 Å². The number of carboxylic acid groups (broad SMARTS) is 1. The smallest absolute Gasteiger partial charge is 0.305 e. The van der Waals surface area contributed by atoms with E-state index >= 15 is 0 Å². The van der Waals surface area contributed by atoms with E-state index in [1.54, 1.807) is 50.2 Å². The second-order valence-corrected chi connectivity index (χ2v) is 9.64. The normalized spacial score (nSPS) is 12.8. The summed E-state index contributed by atoms with van der Waals surface area (Å²) in [5.41, 5.74) is 0.361. The first-order valence-corrected chi connectivity index (χ1v) is 13.0. The van der Waals surface area contributed by atoms with E-state index in [0.29, 0.717) is 17.2 Å². The lowest BCUT2D eigenvalue weighted by Crippen LogP contribution is -2.51. The average molecular weight is 570 g/mol. The number of amides is 3. The van der Waals surface area contributed by atoms with E-state index < -0.39 is 54.1 Å². The Labute approximate surface area is 237 Å². The Bertz CT molecular complexity index is 1220. The van der Waals surface area contributed by atoms with Gasteiger partial charge in [-0.1, -0.05) is 38.1 Å². The molecule has 0 radical (unpaired) electrons. The predicted molar refractivity (Wildman–Crippen MR) is 148 cm³/mol. The maximum absolute atomic E-state index is 13.3. The largest absolute Gasteiger partial charge is 0.481 e. The van der Waals surface area contributed by atoms with E-state index in [1.165, 1.54) is 7.11 Å². The quantitative estimate of drug-likeness (QED) is 0.134. The summed E-state index contributed by atoms with van der Waals surface area (Å²) in [7, 11) is 1.19. The Balaban J connectivity index is 2.21. The molecule has 12 heteroatoms. The third-order valence-electron chi connectivity index (χ3n) is 5.80. The van der Waals surface area contributed by atoms with Crippen LogP contribution in [-0.2, 0) is 33.5 Å². The van der Waals surface area contributed by atoms with E-state index in [2.05, 4.69) is 20.7 Å². The van der Waals surface area contributed by atoms with E-state index in [-0.39, 0.29) is 31.5 Å². The molecule has 0 saturated carbocycles. The number of methoxy groups -OCH3 is 1. The summed E-state index contributed by atoms with van der Waals surface area (Å²) < 4.78 is 10.4. The van der Waals surface area contributed by atoms with Gasteiger partial charge in [0.25, 0.3) is 0 Å². The van der Waals surface area contributed by atoms with Gasteiger partial charge >= 0.3 is 11.9 Å². The van der Waals surface area contributed by atoms with Crippen molar-refractivity contribution < 1.29 is 43.3 Å². The Kier molecular flexibility index (Phi) is 13.0. The van der Waals surface area contributed by atoms with Crippen LogP contribution in [0.3, 0.4) is 0 Å². The van der Waals surface area contributed by atoms with Crippen LogP contribution >= 0.6 is 0 Å². The number of para-hydroxylation sites is 1. The molecule has 0 bridgehead atoms. The minimum absolute atomic E-state index is 0.0561. The van der Waals surface area contributed by atoms with Crippen LogP contribution in [0.2, 0.25) is 0 Å². The van der Waals surface area contributed by atoms with Crippen LogP contribution in [0, 0.1) is 11.8 Å². The highest BCUT2D eigenvalue weighted by Gasteiger charge is 2.32. The van der Waals surface area contributed by atoms with Crippen molar-refractivity contribution in [3.05, 3.63) is 54.6 Å². The first-order valence-electron chi connectivity index (χ1n) is 13.0. The average Bonchev–Trinajstić information content (AvgIpc) is 2.93. The number of aldehydes is 1. The predicted octanol–water partition coefficient (Wildman–Crippen LogP) is 2.68. The first-order chi connectivity index (χ1) is 19.5. The van der Waals surface area contributed by atoms with Gasteiger partial charge in [-0.3, -0.25) is 24.0 Å². The number of nitrogens with one attached hydrogen (secondary N) is 3. The summed E-state index contributed by atoms with van der Waals surface area (Å²) >= 11 is 0. The van der Waals surface area contributed by atoms with E-state index in [1.807, 2.05) is 18.2 Å². The van der Waals surface area contributed by atoms with Gasteiger partial charge in [-0.2, -0.15) is 0 Å². The number of carbonyl (C=O) groups excluding carboxylic acids is 5. The number of hydrogen-bond donors (Lipinski definition) is 4. The highest BCUT2D eigenvalue weighted by Crippen LogP contribution is 2.24. The molecule has 220 valence electrons. The van der Waals surface area contributed by atoms with Gasteiger partial charge in [-0.25, -0.2) is 0 Å². The van der Waals surface area contributed by atoms with Crippen molar-refractivity contribution >= 4 is 41.6 Å². The van der Waals surface area contributed by atoms with Crippen LogP contribution in [0.5, 0.6) is 11.5 Å². The SMILES string of the molecule is COC(=O)CCC(NC(=O)C(CC(C)C)C(=O)NC(C=O)CC(=O)O)C(=O)Nc1cccc(Oc2ccccc2)c1. The molecule has 0 fully saturated rings. The van der Waals surface area contributed by atoms with Crippen molar-refractivity contribution in [1.29, 1.82) is 0 Å². The second kappa shape index (κ2) is 16.4. The lowest BCUT2D eigenvalue weighted by atomic mass is 9.94. The Hall–Kier alpha value is -4.74. The number of anilines is 1. The Morgan fingerprint density at radius 1 is 0.902 bits per heavy atom. The summed E-state index contributed by atoms with van der Waals surface area (Å²) in [6.45, 7) is 3.54. The zero-order valence-corrected chi connectivity index (χ0v) is 23.1. The number of rotatable bonds is 16. The zero-order valence-electron chi connectivity index (χ0n) is 23.1. The second-order valence-electron chi connectivity index (χ2n) is 9.64. The van der Waals surface area contributed by atoms with Crippen molar-refractivity contribution in [2.45, 2.75) is 51.6 Å². The lowest BCUT2D eigenvalue weighted by Gasteiger charge is -2.24. The molecule has 3 unspecified atom stereocenters. The third-order valence-corrected chi connectivity index (χ3v) is 5.80. The molecular weight excluding hydrogens is 534 g/mol. The van der Waals surface area contributed by atoms with Crippen molar-refractivity contribution in [2.75, 3.05) is 12.4 Å². The zero-order chi connectivity index (χ0) is 30.4. The van der Waals surface area contributed by atoms with Gasteiger partial charge in [-0.05, 0) is 43.0 Å². The summed E-state index contributed by atoms with van der Waals surface area (Å²) in [4.78, 5) is 73.4. The molecule has 3 amide bonds. The van der Waals surface area contributed by atoms with Gasteiger partial charge in [0.05, 0.1) is 19.6 Å². The number of hydrogen-bond acceptors (Lipinski definition) is 8. The van der Waals surface area contributed by atoms with Crippen LogP contribution in [0.1, 0.15) is 39.5 Å². The molecule has 0 aliphatic heterocycles. The summed E-state index contributed by atoms with van der Waals surface area (Å²) in [5, 5.41) is 16.5. The number of benzene rings is 2. The molecule has 0 aromatic heterocycles. The number of carboxylic acids is 1. The molecule has 0 saturated heterocycles. The molecule has 0 aliphatic carbocycles. The molecular formula is C29H35N3O9. The van der Waals surface area contributed by atoms with Gasteiger partial charge in [0.1, 0.15) is 29.7 Å². The maximum atomic E-state index is 13.3. The standard InChI is InChI=1S/C29H35N3O9/c1-18(2)14-23(27(37)31-20(17-33)16-25(34)35)28(38)32-24(12-13-26(36)40-3)29(39)30-19-8-7-11-22(15-19)41-21-9-5-4-6-10-21/h4-11,15,17-18,20,23-24H,12-14,16H2,1-3H3,(H,30,39)(H,31,37)(H,32,38)(H,34,35). The molecule has 4 N–H and O–H groups in total. The summed E-state index contributed by atoms with van der Waals surface area (Å²) in [6, 6.07) is 13.0. The van der Waals surface area contributed by atoms with Crippen LogP contribution in [0.15, 0.2) is 54.6 Å². The fourth-order valence-corrected chi connectivity index (χ4v) is 3.81. The van der Waals surface area contributed by atoms with E-state index in [9.17, 15) is 28.8 Å². The molecule has 3 atom stereocenters. The fraction of sp³-hybridized carbons (Fsp3) is 0.379. The van der Waals surface area contributed by atoms with Crippen molar-refractivity contribution in [1.82, 2.24) is 10.6 Å². The molecule has 0 heterocycles. The number of esters is 1. The van der Waals surface area contributed by atoms with Gasteiger partial charge in [0.15, 0.2) is 0 Å². The molecule has 0 aliphatic rings. The van der Waals surface area contributed by atoms with Crippen molar-refractivity contribution in [3.63, 3.8) is 0 Å². The summed E-state index contributed by atoms with van der Waals surface area (Å²) in [6.07, 6.45) is -0.642. The molecule has 2 aromatic rings. The number of carbonyl (C=O) groups is 6. The van der Waals surface area contributed by atoms with Crippen LogP contribution in [-0.4, -0.2) is 60.2 Å². The fourth-order valence-electron chi connectivity index (χ4n) is 3.81. The topological polar surface area (TPSA) is 177 Å². The van der Waals surface area contributed by atoms with E-state index in [0.717, 1.165) is 0 Å². The molecule has 12 nitrogen and oxygen atoms in total. The first kappa shape index (κ1) is 32.5. The Morgan fingerprint density at radius 2 is 1.56 bits per heavy atom. The molecule has 41 heavy (non-hydrogen) atoms. The van der Waals surface area contributed by atoms with Crippen LogP contribution in [0.4, 0.5) is 5.69 Å². The van der Waals surface area contributed by atoms with Crippen molar-refractivity contribution in [2.24, 2.45) is 11.8 Å². The van der Waals surface area contributed by atoms with E-state index in [4.69, 9.17) is 9.84 Å². The minimum atomic E-state index is -1.33. The van der Waals surface area contributed by atoms with Gasteiger partial charge in [-0.15, -0.1) is 0 Å². The van der Waals surface area contributed by atoms with Crippen LogP contribution < -0.4 is 20.7 Å². The monoisotopic (exact) mass is 569 g/mol. The van der Waals surface area contributed by atoms with Gasteiger partial charge < -0.3 is 35.3 Å². The third kappa shape index (κ3) is 11.5. The molecule has 2 rings (SSSR count). The Morgan fingerprint density at radius 3 is 2.17 bits per heavy atom. The van der Waals surface area contributed by atoms with Crippen LogP contribution in [0.25, 0.3) is 0 Å². The summed E-state index contributed by atoms with van der Waals surface area (Å²) in [5.74, 6) is -4.66. The lowest BCUT2D eigenvalue weighted by molar-refractivity contribution is -0.143.